The lowest BCUT2D eigenvalue weighted by Gasteiger charge is -2.20. The van der Waals surface area contributed by atoms with Gasteiger partial charge in [-0.2, -0.15) is 0 Å². The van der Waals surface area contributed by atoms with Crippen molar-refractivity contribution in [3.8, 4) is 0 Å². The Hall–Kier alpha value is -0.190. The standard InChI is InChI=1S/C7H13FO3/c1-4-7(2,8)6(10)5(3-9)11-4/h4-6,9-10H,3H2,1-2H3/t4-,5+,6+,7-/m0/s1. The molecular weight excluding hydrogens is 151 g/mol. The van der Waals surface area contributed by atoms with Crippen LogP contribution in [0.25, 0.3) is 0 Å². The van der Waals surface area contributed by atoms with Gasteiger partial charge in [0.15, 0.2) is 5.67 Å². The fourth-order valence-electron chi connectivity index (χ4n) is 1.22. The van der Waals surface area contributed by atoms with Gasteiger partial charge in [0.2, 0.25) is 0 Å². The third kappa shape index (κ3) is 1.26. The van der Waals surface area contributed by atoms with E-state index in [1.165, 1.54) is 6.92 Å². The van der Waals surface area contributed by atoms with E-state index in [0.717, 1.165) is 0 Å². The second kappa shape index (κ2) is 2.69. The molecule has 4 heteroatoms. The molecule has 1 saturated heterocycles. The Balaban J connectivity index is 2.71. The summed E-state index contributed by atoms with van der Waals surface area (Å²) in [4.78, 5) is 0. The molecule has 1 rings (SSSR count). The molecule has 0 aliphatic carbocycles. The molecule has 0 unspecified atom stereocenters. The highest BCUT2D eigenvalue weighted by molar-refractivity contribution is 4.98. The first-order chi connectivity index (χ1) is 5.00. The average molecular weight is 164 g/mol. The lowest BCUT2D eigenvalue weighted by atomic mass is 9.96. The number of aliphatic hydroxyl groups excluding tert-OH is 2. The molecule has 0 radical (unpaired) electrons. The monoisotopic (exact) mass is 164 g/mol. The maximum Gasteiger partial charge on any atom is 0.162 e. The molecule has 1 aliphatic heterocycles. The lowest BCUT2D eigenvalue weighted by molar-refractivity contribution is -0.0172. The minimum absolute atomic E-state index is 0.342. The summed E-state index contributed by atoms with van der Waals surface area (Å²) in [5, 5.41) is 17.9. The molecule has 11 heavy (non-hydrogen) atoms. The summed E-state index contributed by atoms with van der Waals surface area (Å²) in [7, 11) is 0. The van der Waals surface area contributed by atoms with Gasteiger partial charge in [-0.1, -0.05) is 0 Å². The molecule has 0 bridgehead atoms. The zero-order valence-electron chi connectivity index (χ0n) is 6.62. The third-order valence-corrected chi connectivity index (χ3v) is 2.28. The van der Waals surface area contributed by atoms with Crippen LogP contribution in [0.4, 0.5) is 4.39 Å². The highest BCUT2D eigenvalue weighted by atomic mass is 19.1. The summed E-state index contributed by atoms with van der Waals surface area (Å²) in [6.45, 7) is 2.47. The Morgan fingerprint density at radius 3 is 2.36 bits per heavy atom. The van der Waals surface area contributed by atoms with Gasteiger partial charge in [-0.15, -0.1) is 0 Å². The van der Waals surface area contributed by atoms with E-state index < -0.39 is 24.0 Å². The van der Waals surface area contributed by atoms with Crippen LogP contribution in [-0.2, 0) is 4.74 Å². The maximum absolute atomic E-state index is 13.3. The molecule has 0 aromatic heterocycles. The van der Waals surface area contributed by atoms with Crippen LogP contribution < -0.4 is 0 Å². The Morgan fingerprint density at radius 1 is 1.64 bits per heavy atom. The van der Waals surface area contributed by atoms with Crippen molar-refractivity contribution in [2.24, 2.45) is 0 Å². The minimum Gasteiger partial charge on any atom is -0.394 e. The van der Waals surface area contributed by atoms with Crippen LogP contribution in [0.2, 0.25) is 0 Å². The zero-order chi connectivity index (χ0) is 8.65. The quantitative estimate of drug-likeness (QED) is 0.567. The van der Waals surface area contributed by atoms with Crippen LogP contribution in [0.3, 0.4) is 0 Å². The fraction of sp³-hybridized carbons (Fsp3) is 1.00. The molecule has 1 aliphatic rings. The SMILES string of the molecule is C[C@@H]1O[C@H](CO)[C@@H](O)[C@@]1(C)F. The van der Waals surface area contributed by atoms with Crippen molar-refractivity contribution in [3.63, 3.8) is 0 Å². The molecular formula is C7H13FO3. The van der Waals surface area contributed by atoms with Crippen molar-refractivity contribution in [2.75, 3.05) is 6.61 Å². The molecule has 0 aromatic carbocycles. The van der Waals surface area contributed by atoms with E-state index in [-0.39, 0.29) is 6.61 Å². The van der Waals surface area contributed by atoms with E-state index in [2.05, 4.69) is 0 Å². The van der Waals surface area contributed by atoms with Gasteiger partial charge < -0.3 is 14.9 Å². The first kappa shape index (κ1) is 8.90. The summed E-state index contributed by atoms with van der Waals surface area (Å²) < 4.78 is 18.3. The molecule has 66 valence electrons. The number of hydrogen-bond acceptors (Lipinski definition) is 3. The molecule has 1 heterocycles. The maximum atomic E-state index is 13.3. The van der Waals surface area contributed by atoms with Crippen LogP contribution in [0.5, 0.6) is 0 Å². The predicted octanol–water partition coefficient (Wildman–Crippen LogP) is -0.145. The van der Waals surface area contributed by atoms with E-state index in [0.29, 0.717) is 0 Å². The fourth-order valence-corrected chi connectivity index (χ4v) is 1.22. The van der Waals surface area contributed by atoms with Crippen LogP contribution in [0.1, 0.15) is 13.8 Å². The molecule has 1 fully saturated rings. The Kier molecular flexibility index (Phi) is 2.18. The highest BCUT2D eigenvalue weighted by Crippen LogP contribution is 2.33. The van der Waals surface area contributed by atoms with Crippen LogP contribution in [0.15, 0.2) is 0 Å². The molecule has 0 amide bonds. The topological polar surface area (TPSA) is 49.7 Å². The average Bonchev–Trinajstić information content (AvgIpc) is 2.14. The summed E-state index contributed by atoms with van der Waals surface area (Å²) in [6.07, 6.45) is -2.66. The normalized spacial score (nSPS) is 51.5. The van der Waals surface area contributed by atoms with Gasteiger partial charge in [0.1, 0.15) is 12.2 Å². The summed E-state index contributed by atoms with van der Waals surface area (Å²) in [5.74, 6) is 0. The van der Waals surface area contributed by atoms with Crippen molar-refractivity contribution >= 4 is 0 Å². The van der Waals surface area contributed by atoms with Crippen LogP contribution in [0, 0.1) is 0 Å². The van der Waals surface area contributed by atoms with Gasteiger partial charge in [0.25, 0.3) is 0 Å². The number of alkyl halides is 1. The van der Waals surface area contributed by atoms with Crippen molar-refractivity contribution < 1.29 is 19.3 Å². The van der Waals surface area contributed by atoms with Crippen molar-refractivity contribution in [3.05, 3.63) is 0 Å². The van der Waals surface area contributed by atoms with Crippen LogP contribution >= 0.6 is 0 Å². The van der Waals surface area contributed by atoms with E-state index in [1.54, 1.807) is 6.92 Å². The smallest absolute Gasteiger partial charge is 0.162 e. The highest BCUT2D eigenvalue weighted by Gasteiger charge is 2.51. The summed E-state index contributed by atoms with van der Waals surface area (Å²) >= 11 is 0. The number of rotatable bonds is 1. The van der Waals surface area contributed by atoms with E-state index in [4.69, 9.17) is 9.84 Å². The molecule has 0 saturated carbocycles. The summed E-state index contributed by atoms with van der Waals surface area (Å²) in [5.41, 5.74) is -1.74. The molecule has 3 nitrogen and oxygen atoms in total. The van der Waals surface area contributed by atoms with E-state index >= 15 is 0 Å². The number of ether oxygens (including phenoxy) is 1. The second-order valence-electron chi connectivity index (χ2n) is 3.10. The van der Waals surface area contributed by atoms with Gasteiger partial charge in [-0.25, -0.2) is 4.39 Å². The lowest BCUT2D eigenvalue weighted by Crippen LogP contribution is -2.40. The number of hydrogen-bond donors (Lipinski definition) is 2. The van der Waals surface area contributed by atoms with Gasteiger partial charge in [-0.3, -0.25) is 0 Å². The second-order valence-corrected chi connectivity index (χ2v) is 3.10. The minimum atomic E-state index is -1.74. The van der Waals surface area contributed by atoms with Gasteiger partial charge in [-0.05, 0) is 13.8 Å². The van der Waals surface area contributed by atoms with E-state index in [9.17, 15) is 9.50 Å². The predicted molar refractivity (Wildman–Crippen MR) is 36.9 cm³/mol. The molecule has 0 aromatic rings. The van der Waals surface area contributed by atoms with Crippen LogP contribution in [-0.4, -0.2) is 40.8 Å². The van der Waals surface area contributed by atoms with Gasteiger partial charge >= 0.3 is 0 Å². The summed E-state index contributed by atoms with van der Waals surface area (Å²) in [6, 6.07) is 0. The Morgan fingerprint density at radius 2 is 2.18 bits per heavy atom. The number of aliphatic hydroxyl groups is 2. The molecule has 0 spiro atoms. The van der Waals surface area contributed by atoms with Gasteiger partial charge in [0, 0.05) is 0 Å². The van der Waals surface area contributed by atoms with E-state index in [1.807, 2.05) is 0 Å². The van der Waals surface area contributed by atoms with Crippen molar-refractivity contribution in [1.82, 2.24) is 0 Å². The first-order valence-electron chi connectivity index (χ1n) is 3.63. The number of halogens is 1. The molecule has 4 atom stereocenters. The zero-order valence-corrected chi connectivity index (χ0v) is 6.62. The first-order valence-corrected chi connectivity index (χ1v) is 3.63. The Labute approximate surface area is 64.8 Å². The third-order valence-electron chi connectivity index (χ3n) is 2.28. The van der Waals surface area contributed by atoms with Crippen molar-refractivity contribution in [2.45, 2.75) is 37.8 Å². The molecule has 2 N–H and O–H groups in total. The Bertz CT molecular complexity index is 149. The van der Waals surface area contributed by atoms with Crippen molar-refractivity contribution in [1.29, 1.82) is 0 Å². The van der Waals surface area contributed by atoms with Gasteiger partial charge in [0.05, 0.1) is 12.7 Å². The largest absolute Gasteiger partial charge is 0.394 e.